The molecule has 1 saturated carbocycles. The van der Waals surface area contributed by atoms with Gasteiger partial charge in [0.2, 0.25) is 0 Å². The number of hydrogen-bond acceptors (Lipinski definition) is 2. The van der Waals surface area contributed by atoms with Crippen LogP contribution in [0.4, 0.5) is 0 Å². The van der Waals surface area contributed by atoms with Crippen molar-refractivity contribution in [2.24, 2.45) is 5.90 Å². The first kappa shape index (κ1) is 9.69. The van der Waals surface area contributed by atoms with E-state index in [1.807, 2.05) is 0 Å². The molecule has 2 nitrogen and oxygen atoms in total. The minimum Gasteiger partial charge on any atom is -0.304 e. The van der Waals surface area contributed by atoms with Gasteiger partial charge in [0.1, 0.15) is 0 Å². The quantitative estimate of drug-likeness (QED) is 0.742. The van der Waals surface area contributed by atoms with Gasteiger partial charge in [0, 0.05) is 5.92 Å². The second kappa shape index (κ2) is 4.11. The van der Waals surface area contributed by atoms with E-state index in [0.29, 0.717) is 12.5 Å². The zero-order chi connectivity index (χ0) is 9.97. The summed E-state index contributed by atoms with van der Waals surface area (Å²) in [6, 6.07) is 8.64. The van der Waals surface area contributed by atoms with Crippen molar-refractivity contribution in [3.05, 3.63) is 35.4 Å². The molecule has 0 spiro atoms. The van der Waals surface area contributed by atoms with Crippen LogP contribution in [0.3, 0.4) is 0 Å². The molecule has 76 valence electrons. The summed E-state index contributed by atoms with van der Waals surface area (Å²) in [6.07, 6.45) is 2.68. The third kappa shape index (κ3) is 1.97. The second-order valence-electron chi connectivity index (χ2n) is 4.14. The van der Waals surface area contributed by atoms with E-state index in [2.05, 4.69) is 31.2 Å². The summed E-state index contributed by atoms with van der Waals surface area (Å²) in [4.78, 5) is 4.71. The minimum atomic E-state index is 0.400. The van der Waals surface area contributed by atoms with Crippen LogP contribution in [0, 0.1) is 0 Å². The highest BCUT2D eigenvalue weighted by molar-refractivity contribution is 5.35. The first-order chi connectivity index (χ1) is 6.83. The lowest BCUT2D eigenvalue weighted by Gasteiger charge is -2.14. The molecule has 0 heterocycles. The average molecular weight is 191 g/mol. The van der Waals surface area contributed by atoms with Crippen LogP contribution in [-0.4, -0.2) is 6.61 Å². The Morgan fingerprint density at radius 2 is 2.14 bits per heavy atom. The third-order valence-electron chi connectivity index (χ3n) is 2.89. The molecule has 0 amide bonds. The summed E-state index contributed by atoms with van der Waals surface area (Å²) < 4.78 is 0. The van der Waals surface area contributed by atoms with Crippen LogP contribution in [0.5, 0.6) is 0 Å². The highest BCUT2D eigenvalue weighted by Crippen LogP contribution is 2.43. The molecule has 2 rings (SSSR count). The molecule has 1 fully saturated rings. The van der Waals surface area contributed by atoms with E-state index >= 15 is 0 Å². The SMILES string of the molecule is CC(CON)c1ccccc1C1CC1. The van der Waals surface area contributed by atoms with Crippen molar-refractivity contribution < 1.29 is 4.84 Å². The third-order valence-corrected chi connectivity index (χ3v) is 2.89. The molecular weight excluding hydrogens is 174 g/mol. The van der Waals surface area contributed by atoms with Gasteiger partial charge in [-0.3, -0.25) is 0 Å². The van der Waals surface area contributed by atoms with E-state index in [4.69, 9.17) is 10.7 Å². The summed E-state index contributed by atoms with van der Waals surface area (Å²) in [5, 5.41) is 0. The lowest BCUT2D eigenvalue weighted by Crippen LogP contribution is -2.10. The van der Waals surface area contributed by atoms with Gasteiger partial charge in [-0.05, 0) is 29.9 Å². The van der Waals surface area contributed by atoms with Gasteiger partial charge in [-0.2, -0.15) is 0 Å². The Balaban J connectivity index is 2.21. The van der Waals surface area contributed by atoms with Gasteiger partial charge in [0.15, 0.2) is 0 Å². The molecular formula is C12H17NO. The summed E-state index contributed by atoms with van der Waals surface area (Å²) >= 11 is 0. The maximum Gasteiger partial charge on any atom is 0.0745 e. The van der Waals surface area contributed by atoms with Crippen LogP contribution >= 0.6 is 0 Å². The largest absolute Gasteiger partial charge is 0.304 e. The monoisotopic (exact) mass is 191 g/mol. The first-order valence-electron chi connectivity index (χ1n) is 5.23. The predicted molar refractivity (Wildman–Crippen MR) is 57.0 cm³/mol. The average Bonchev–Trinajstić information content (AvgIpc) is 3.01. The van der Waals surface area contributed by atoms with E-state index in [9.17, 15) is 0 Å². The lowest BCUT2D eigenvalue weighted by molar-refractivity contribution is 0.126. The summed E-state index contributed by atoms with van der Waals surface area (Å²) in [5.41, 5.74) is 2.90. The maximum atomic E-state index is 5.11. The Bertz CT molecular complexity index is 307. The van der Waals surface area contributed by atoms with Crippen LogP contribution in [0.2, 0.25) is 0 Å². The number of rotatable bonds is 4. The van der Waals surface area contributed by atoms with Crippen molar-refractivity contribution in [2.75, 3.05) is 6.61 Å². The molecule has 0 bridgehead atoms. The van der Waals surface area contributed by atoms with Crippen LogP contribution < -0.4 is 5.90 Å². The second-order valence-corrected chi connectivity index (χ2v) is 4.14. The van der Waals surface area contributed by atoms with Gasteiger partial charge in [-0.25, -0.2) is 5.90 Å². The van der Waals surface area contributed by atoms with Gasteiger partial charge in [-0.1, -0.05) is 31.2 Å². The van der Waals surface area contributed by atoms with Crippen molar-refractivity contribution in [1.82, 2.24) is 0 Å². The van der Waals surface area contributed by atoms with E-state index < -0.39 is 0 Å². The van der Waals surface area contributed by atoms with Crippen molar-refractivity contribution >= 4 is 0 Å². The van der Waals surface area contributed by atoms with E-state index in [1.165, 1.54) is 24.0 Å². The molecule has 1 aromatic carbocycles. The molecule has 1 aliphatic carbocycles. The van der Waals surface area contributed by atoms with Gasteiger partial charge >= 0.3 is 0 Å². The maximum absolute atomic E-state index is 5.11. The van der Waals surface area contributed by atoms with Crippen molar-refractivity contribution in [3.63, 3.8) is 0 Å². The number of benzene rings is 1. The van der Waals surface area contributed by atoms with Gasteiger partial charge in [-0.15, -0.1) is 0 Å². The Hall–Kier alpha value is -0.860. The summed E-state index contributed by atoms with van der Waals surface area (Å²) in [7, 11) is 0. The molecule has 1 aliphatic rings. The van der Waals surface area contributed by atoms with E-state index in [1.54, 1.807) is 0 Å². The van der Waals surface area contributed by atoms with E-state index in [0.717, 1.165) is 5.92 Å². The fourth-order valence-corrected chi connectivity index (χ4v) is 1.96. The van der Waals surface area contributed by atoms with Crippen LogP contribution in [-0.2, 0) is 4.84 Å². The Morgan fingerprint density at radius 3 is 2.79 bits per heavy atom. The van der Waals surface area contributed by atoms with E-state index in [-0.39, 0.29) is 0 Å². The van der Waals surface area contributed by atoms with Crippen LogP contribution in [0.25, 0.3) is 0 Å². The highest BCUT2D eigenvalue weighted by Gasteiger charge is 2.26. The molecule has 0 aromatic heterocycles. The van der Waals surface area contributed by atoms with Crippen molar-refractivity contribution in [1.29, 1.82) is 0 Å². The van der Waals surface area contributed by atoms with Gasteiger partial charge < -0.3 is 4.84 Å². The smallest absolute Gasteiger partial charge is 0.0745 e. The zero-order valence-corrected chi connectivity index (χ0v) is 8.57. The predicted octanol–water partition coefficient (Wildman–Crippen LogP) is 2.56. The zero-order valence-electron chi connectivity index (χ0n) is 8.57. The van der Waals surface area contributed by atoms with Gasteiger partial charge in [0.25, 0.3) is 0 Å². The van der Waals surface area contributed by atoms with Crippen LogP contribution in [0.15, 0.2) is 24.3 Å². The fourth-order valence-electron chi connectivity index (χ4n) is 1.96. The normalized spacial score (nSPS) is 18.1. The molecule has 2 heteroatoms. The van der Waals surface area contributed by atoms with Crippen molar-refractivity contribution in [3.8, 4) is 0 Å². The molecule has 0 aliphatic heterocycles. The standard InChI is InChI=1S/C12H17NO/c1-9(8-14-13)11-4-2-3-5-12(11)10-6-7-10/h2-5,9-10H,6-8,13H2,1H3. The van der Waals surface area contributed by atoms with Crippen LogP contribution in [0.1, 0.15) is 42.7 Å². The number of nitrogens with two attached hydrogens (primary N) is 1. The van der Waals surface area contributed by atoms with Gasteiger partial charge in [0.05, 0.1) is 6.61 Å². The first-order valence-corrected chi connectivity index (χ1v) is 5.23. The Labute approximate surface area is 85.0 Å². The van der Waals surface area contributed by atoms with Crippen molar-refractivity contribution in [2.45, 2.75) is 31.6 Å². The summed E-state index contributed by atoms with van der Waals surface area (Å²) in [5.74, 6) is 6.31. The Kier molecular flexibility index (Phi) is 2.85. The molecule has 0 radical (unpaired) electrons. The molecule has 14 heavy (non-hydrogen) atoms. The minimum absolute atomic E-state index is 0.400. The highest BCUT2D eigenvalue weighted by atomic mass is 16.6. The summed E-state index contributed by atoms with van der Waals surface area (Å²) in [6.45, 7) is 2.76. The molecule has 0 saturated heterocycles. The molecule has 2 N–H and O–H groups in total. The lowest BCUT2D eigenvalue weighted by atomic mass is 9.94. The fraction of sp³-hybridized carbons (Fsp3) is 0.500. The molecule has 1 unspecified atom stereocenters. The molecule has 1 atom stereocenters. The number of hydrogen-bond donors (Lipinski definition) is 1. The topological polar surface area (TPSA) is 35.2 Å². The Morgan fingerprint density at radius 1 is 1.43 bits per heavy atom. The molecule has 1 aromatic rings.